The molecule has 1 aliphatic heterocycles. The van der Waals surface area contributed by atoms with Gasteiger partial charge in [-0.2, -0.15) is 5.10 Å². The summed E-state index contributed by atoms with van der Waals surface area (Å²) in [7, 11) is 0. The summed E-state index contributed by atoms with van der Waals surface area (Å²) in [4.78, 5) is 0. The lowest BCUT2D eigenvalue weighted by atomic mass is 10.1. The molecule has 2 heterocycles. The van der Waals surface area contributed by atoms with Crippen LogP contribution < -0.4 is 10.5 Å². The monoisotopic (exact) mass is 257 g/mol. The van der Waals surface area contributed by atoms with E-state index in [1.807, 2.05) is 18.5 Å². The number of rotatable bonds is 3. The van der Waals surface area contributed by atoms with Gasteiger partial charge in [0.05, 0.1) is 23.7 Å². The fraction of sp³-hybridized carbons (Fsp3) is 0.400. The van der Waals surface area contributed by atoms with E-state index in [-0.39, 0.29) is 0 Å². The van der Waals surface area contributed by atoms with Crippen LogP contribution in [0, 0.1) is 13.8 Å². The zero-order chi connectivity index (χ0) is 13.4. The van der Waals surface area contributed by atoms with Gasteiger partial charge in [0.15, 0.2) is 0 Å². The standard InChI is InChI=1S/C15H19N3O/c1-10-15(16)11(2)18(17-10)7-5-12-3-4-14-13(9-12)6-8-19-14/h3-4,9H,5-8,16H2,1-2H3. The molecule has 0 saturated carbocycles. The summed E-state index contributed by atoms with van der Waals surface area (Å²) in [6, 6.07) is 6.46. The van der Waals surface area contributed by atoms with Gasteiger partial charge in [-0.15, -0.1) is 0 Å². The van der Waals surface area contributed by atoms with Crippen molar-refractivity contribution in [1.82, 2.24) is 9.78 Å². The maximum atomic E-state index is 5.95. The molecule has 4 heteroatoms. The minimum Gasteiger partial charge on any atom is -0.493 e. The number of fused-ring (bicyclic) bond motifs is 1. The first kappa shape index (κ1) is 12.1. The molecule has 0 aliphatic carbocycles. The molecule has 1 aromatic heterocycles. The molecular weight excluding hydrogens is 238 g/mol. The Morgan fingerprint density at radius 3 is 2.95 bits per heavy atom. The predicted octanol–water partition coefficient (Wildman–Crippen LogP) is 2.26. The van der Waals surface area contributed by atoms with E-state index in [0.717, 1.165) is 48.8 Å². The van der Waals surface area contributed by atoms with E-state index < -0.39 is 0 Å². The first-order valence-corrected chi connectivity index (χ1v) is 6.69. The zero-order valence-electron chi connectivity index (χ0n) is 11.4. The van der Waals surface area contributed by atoms with Crippen LogP contribution in [0.5, 0.6) is 5.75 Å². The van der Waals surface area contributed by atoms with E-state index in [1.54, 1.807) is 0 Å². The lowest BCUT2D eigenvalue weighted by molar-refractivity contribution is 0.357. The maximum absolute atomic E-state index is 5.95. The number of hydrogen-bond donors (Lipinski definition) is 1. The van der Waals surface area contributed by atoms with E-state index >= 15 is 0 Å². The summed E-state index contributed by atoms with van der Waals surface area (Å²) in [5, 5.41) is 4.46. The number of hydrogen-bond acceptors (Lipinski definition) is 3. The van der Waals surface area contributed by atoms with Crippen molar-refractivity contribution in [2.45, 2.75) is 33.2 Å². The Morgan fingerprint density at radius 1 is 1.37 bits per heavy atom. The minimum absolute atomic E-state index is 0.808. The van der Waals surface area contributed by atoms with Crippen LogP contribution in [0.2, 0.25) is 0 Å². The third-order valence-electron chi connectivity index (χ3n) is 3.80. The average Bonchev–Trinajstić information content (AvgIpc) is 2.96. The minimum atomic E-state index is 0.808. The quantitative estimate of drug-likeness (QED) is 0.917. The van der Waals surface area contributed by atoms with Gasteiger partial charge in [0.2, 0.25) is 0 Å². The molecule has 1 aromatic carbocycles. The van der Waals surface area contributed by atoms with Gasteiger partial charge in [0, 0.05) is 13.0 Å². The van der Waals surface area contributed by atoms with E-state index in [1.165, 1.54) is 11.1 Å². The van der Waals surface area contributed by atoms with Crippen molar-refractivity contribution in [3.63, 3.8) is 0 Å². The number of benzene rings is 1. The molecule has 100 valence electrons. The van der Waals surface area contributed by atoms with Crippen LogP contribution in [0.25, 0.3) is 0 Å². The van der Waals surface area contributed by atoms with Crippen molar-refractivity contribution in [3.05, 3.63) is 40.7 Å². The number of anilines is 1. The first-order valence-electron chi connectivity index (χ1n) is 6.69. The van der Waals surface area contributed by atoms with Gasteiger partial charge in [-0.3, -0.25) is 4.68 Å². The van der Waals surface area contributed by atoms with E-state index in [4.69, 9.17) is 10.5 Å². The first-order chi connectivity index (χ1) is 9.15. The topological polar surface area (TPSA) is 53.1 Å². The summed E-state index contributed by atoms with van der Waals surface area (Å²) >= 11 is 0. The Hall–Kier alpha value is -1.97. The highest BCUT2D eigenvalue weighted by atomic mass is 16.5. The number of aromatic nitrogens is 2. The highest BCUT2D eigenvalue weighted by molar-refractivity contribution is 5.46. The molecule has 0 unspecified atom stereocenters. The fourth-order valence-corrected chi connectivity index (χ4v) is 2.56. The lowest BCUT2D eigenvalue weighted by Gasteiger charge is -2.06. The highest BCUT2D eigenvalue weighted by Crippen LogP contribution is 2.26. The SMILES string of the molecule is Cc1nn(CCc2ccc3c(c2)CCO3)c(C)c1N. The molecule has 0 amide bonds. The number of aryl methyl sites for hydroxylation is 3. The molecule has 19 heavy (non-hydrogen) atoms. The molecule has 0 saturated heterocycles. The van der Waals surface area contributed by atoms with Crippen LogP contribution in [-0.2, 0) is 19.4 Å². The molecule has 0 bridgehead atoms. The molecule has 0 atom stereocenters. The Kier molecular flexibility index (Phi) is 2.93. The normalized spacial score (nSPS) is 13.4. The van der Waals surface area contributed by atoms with Crippen LogP contribution in [0.4, 0.5) is 5.69 Å². The van der Waals surface area contributed by atoms with Crippen molar-refractivity contribution in [3.8, 4) is 5.75 Å². The van der Waals surface area contributed by atoms with Crippen LogP contribution >= 0.6 is 0 Å². The number of nitrogens with two attached hydrogens (primary N) is 1. The largest absolute Gasteiger partial charge is 0.493 e. The molecule has 1 aliphatic rings. The second-order valence-corrected chi connectivity index (χ2v) is 5.10. The highest BCUT2D eigenvalue weighted by Gasteiger charge is 2.12. The summed E-state index contributed by atoms with van der Waals surface area (Å²) in [5.74, 6) is 1.04. The summed E-state index contributed by atoms with van der Waals surface area (Å²) in [6.45, 7) is 5.65. The molecule has 3 rings (SSSR count). The van der Waals surface area contributed by atoms with Crippen molar-refractivity contribution < 1.29 is 4.74 Å². The Labute approximate surface area is 113 Å². The molecule has 2 N–H and O–H groups in total. The lowest BCUT2D eigenvalue weighted by Crippen LogP contribution is -2.05. The van der Waals surface area contributed by atoms with Crippen LogP contribution in [0.15, 0.2) is 18.2 Å². The van der Waals surface area contributed by atoms with Gasteiger partial charge < -0.3 is 10.5 Å². The second-order valence-electron chi connectivity index (χ2n) is 5.10. The molecule has 0 radical (unpaired) electrons. The molecule has 4 nitrogen and oxygen atoms in total. The fourth-order valence-electron chi connectivity index (χ4n) is 2.56. The van der Waals surface area contributed by atoms with Crippen LogP contribution in [0.3, 0.4) is 0 Å². The van der Waals surface area contributed by atoms with Crippen molar-refractivity contribution in [1.29, 1.82) is 0 Å². The summed E-state index contributed by atoms with van der Waals surface area (Å²) < 4.78 is 7.51. The van der Waals surface area contributed by atoms with E-state index in [0.29, 0.717) is 0 Å². The van der Waals surface area contributed by atoms with E-state index in [9.17, 15) is 0 Å². The summed E-state index contributed by atoms with van der Waals surface area (Å²) in [6.07, 6.45) is 1.99. The van der Waals surface area contributed by atoms with Crippen molar-refractivity contribution >= 4 is 5.69 Å². The molecular formula is C15H19N3O. The van der Waals surface area contributed by atoms with Gasteiger partial charge >= 0.3 is 0 Å². The molecule has 2 aromatic rings. The molecule has 0 fully saturated rings. The summed E-state index contributed by atoms with van der Waals surface area (Å²) in [5.41, 5.74) is 11.4. The maximum Gasteiger partial charge on any atom is 0.122 e. The Bertz CT molecular complexity index is 616. The van der Waals surface area contributed by atoms with Gasteiger partial charge in [-0.05, 0) is 37.5 Å². The third-order valence-corrected chi connectivity index (χ3v) is 3.80. The average molecular weight is 257 g/mol. The second kappa shape index (κ2) is 4.61. The van der Waals surface area contributed by atoms with E-state index in [2.05, 4.69) is 23.3 Å². The number of nitrogen functional groups attached to an aromatic ring is 1. The van der Waals surface area contributed by atoms with Gasteiger partial charge in [-0.25, -0.2) is 0 Å². The molecule has 0 spiro atoms. The van der Waals surface area contributed by atoms with Gasteiger partial charge in [-0.1, -0.05) is 12.1 Å². The number of ether oxygens (including phenoxy) is 1. The zero-order valence-corrected chi connectivity index (χ0v) is 11.4. The Balaban J connectivity index is 1.74. The van der Waals surface area contributed by atoms with Crippen molar-refractivity contribution in [2.24, 2.45) is 0 Å². The van der Waals surface area contributed by atoms with Crippen molar-refractivity contribution in [2.75, 3.05) is 12.3 Å². The van der Waals surface area contributed by atoms with Gasteiger partial charge in [0.1, 0.15) is 5.75 Å². The third kappa shape index (κ3) is 2.18. The van der Waals surface area contributed by atoms with Crippen LogP contribution in [0.1, 0.15) is 22.5 Å². The van der Waals surface area contributed by atoms with Crippen LogP contribution in [-0.4, -0.2) is 16.4 Å². The Morgan fingerprint density at radius 2 is 2.21 bits per heavy atom. The number of nitrogens with zero attached hydrogens (tertiary/aromatic N) is 2. The smallest absolute Gasteiger partial charge is 0.122 e. The van der Waals surface area contributed by atoms with Gasteiger partial charge in [0.25, 0.3) is 0 Å². The predicted molar refractivity (Wildman–Crippen MR) is 75.5 cm³/mol.